The van der Waals surface area contributed by atoms with Gasteiger partial charge >= 0.3 is 5.97 Å². The van der Waals surface area contributed by atoms with E-state index in [1.54, 1.807) is 0 Å². The van der Waals surface area contributed by atoms with Crippen molar-refractivity contribution in [3.05, 3.63) is 35.4 Å². The predicted octanol–water partition coefficient (Wildman–Crippen LogP) is 0.753. The van der Waals surface area contributed by atoms with Crippen molar-refractivity contribution in [2.24, 2.45) is 0 Å². The fourth-order valence-corrected chi connectivity index (χ4v) is 5.90. The number of rotatable bonds is 5. The Morgan fingerprint density at radius 1 is 1.21 bits per heavy atom. The lowest BCUT2D eigenvalue weighted by molar-refractivity contribution is -0.137. The van der Waals surface area contributed by atoms with Crippen molar-refractivity contribution in [3.63, 3.8) is 0 Å². The van der Waals surface area contributed by atoms with Crippen molar-refractivity contribution in [3.8, 4) is 0 Å². The predicted molar refractivity (Wildman–Crippen MR) is 91.6 cm³/mol. The van der Waals surface area contributed by atoms with Crippen LogP contribution in [0.2, 0.25) is 0 Å². The van der Waals surface area contributed by atoms with E-state index in [1.807, 2.05) is 6.07 Å². The Morgan fingerprint density at radius 2 is 1.88 bits per heavy atom. The number of aliphatic carboxylic acids is 1. The smallest absolute Gasteiger partial charge is 0.304 e. The molecule has 0 aromatic heterocycles. The number of aryl methyl sites for hydroxylation is 1. The average molecular weight is 352 g/mol. The van der Waals surface area contributed by atoms with Crippen LogP contribution in [0.1, 0.15) is 17.5 Å². The third-order valence-corrected chi connectivity index (χ3v) is 6.69. The van der Waals surface area contributed by atoms with Gasteiger partial charge in [0.1, 0.15) is 0 Å². The third kappa shape index (κ3) is 3.96. The van der Waals surface area contributed by atoms with Crippen LogP contribution in [-0.2, 0) is 21.2 Å². The highest BCUT2D eigenvalue weighted by molar-refractivity contribution is 7.91. The van der Waals surface area contributed by atoms with Crippen molar-refractivity contribution in [2.75, 3.05) is 31.1 Å². The number of hydrogen-bond donors (Lipinski definition) is 1. The molecule has 2 fully saturated rings. The number of piperazine rings is 1. The molecule has 6 nitrogen and oxygen atoms in total. The molecule has 2 unspecified atom stereocenters. The Labute approximate surface area is 143 Å². The maximum Gasteiger partial charge on any atom is 0.304 e. The first-order chi connectivity index (χ1) is 11.3. The van der Waals surface area contributed by atoms with Gasteiger partial charge in [-0.25, -0.2) is 8.42 Å². The summed E-state index contributed by atoms with van der Waals surface area (Å²) in [4.78, 5) is 15.1. The summed E-state index contributed by atoms with van der Waals surface area (Å²) in [6, 6.07) is 8.15. The summed E-state index contributed by atoms with van der Waals surface area (Å²) in [7, 11) is -3.06. The first-order valence-electron chi connectivity index (χ1n) is 8.30. The van der Waals surface area contributed by atoms with Crippen LogP contribution < -0.4 is 0 Å². The lowest BCUT2D eigenvalue weighted by Crippen LogP contribution is -2.58. The molecule has 1 aromatic carbocycles. The van der Waals surface area contributed by atoms with Crippen LogP contribution in [-0.4, -0.2) is 72.5 Å². The fraction of sp³-hybridized carbons (Fsp3) is 0.588. The van der Waals surface area contributed by atoms with Crippen LogP contribution in [0.25, 0.3) is 0 Å². The molecule has 0 spiro atoms. The number of hydrogen-bond acceptors (Lipinski definition) is 5. The molecule has 2 atom stereocenters. The molecule has 1 N–H and O–H groups in total. The van der Waals surface area contributed by atoms with Crippen LogP contribution in [0.5, 0.6) is 0 Å². The van der Waals surface area contributed by atoms with Crippen molar-refractivity contribution in [2.45, 2.75) is 32.0 Å². The molecule has 2 aliphatic heterocycles. The highest BCUT2D eigenvalue weighted by Gasteiger charge is 2.46. The standard InChI is InChI=1S/C17H24N2O4S/c1-13-3-2-4-14(9-13)10-19-8-7-18(6-5-17(20)21)15-11-24(22,23)12-16(15)19/h2-4,9,15-16H,5-8,10-12H2,1H3,(H,20,21). The molecule has 2 saturated heterocycles. The van der Waals surface area contributed by atoms with E-state index in [9.17, 15) is 13.2 Å². The third-order valence-electron chi connectivity index (χ3n) is 4.99. The largest absolute Gasteiger partial charge is 0.481 e. The summed E-state index contributed by atoms with van der Waals surface area (Å²) in [6.45, 7) is 4.70. The second kappa shape index (κ2) is 6.82. The maximum atomic E-state index is 12.2. The summed E-state index contributed by atoms with van der Waals surface area (Å²) in [5.74, 6) is -0.524. The molecule has 132 valence electrons. The summed E-state index contributed by atoms with van der Waals surface area (Å²) in [5.41, 5.74) is 2.39. The Balaban J connectivity index is 1.75. The molecule has 0 bridgehead atoms. The van der Waals surface area contributed by atoms with E-state index in [-0.39, 0.29) is 30.0 Å². The summed E-state index contributed by atoms with van der Waals surface area (Å²) in [6.07, 6.45) is 0.0567. The lowest BCUT2D eigenvalue weighted by Gasteiger charge is -2.43. The van der Waals surface area contributed by atoms with E-state index < -0.39 is 15.8 Å². The van der Waals surface area contributed by atoms with Gasteiger partial charge in [-0.3, -0.25) is 14.6 Å². The van der Waals surface area contributed by atoms with E-state index in [4.69, 9.17) is 5.11 Å². The Morgan fingerprint density at radius 3 is 2.54 bits per heavy atom. The van der Waals surface area contributed by atoms with Crippen LogP contribution in [0, 0.1) is 6.92 Å². The van der Waals surface area contributed by atoms with Crippen LogP contribution >= 0.6 is 0 Å². The monoisotopic (exact) mass is 352 g/mol. The fourth-order valence-electron chi connectivity index (χ4n) is 3.85. The van der Waals surface area contributed by atoms with Gasteiger partial charge in [0.2, 0.25) is 0 Å². The van der Waals surface area contributed by atoms with Crippen LogP contribution in [0.4, 0.5) is 0 Å². The van der Waals surface area contributed by atoms with Crippen molar-refractivity contribution < 1.29 is 18.3 Å². The molecule has 1 aromatic rings. The van der Waals surface area contributed by atoms with Crippen molar-refractivity contribution >= 4 is 15.8 Å². The molecule has 0 amide bonds. The zero-order chi connectivity index (χ0) is 17.3. The van der Waals surface area contributed by atoms with E-state index in [0.717, 1.165) is 19.6 Å². The summed E-state index contributed by atoms with van der Waals surface area (Å²) in [5, 5.41) is 8.90. The molecule has 2 aliphatic rings. The van der Waals surface area contributed by atoms with E-state index in [2.05, 4.69) is 34.9 Å². The minimum absolute atomic E-state index is 0.0435. The maximum absolute atomic E-state index is 12.2. The Kier molecular flexibility index (Phi) is 4.94. The zero-order valence-corrected chi connectivity index (χ0v) is 14.7. The molecule has 0 aliphatic carbocycles. The highest BCUT2D eigenvalue weighted by Crippen LogP contribution is 2.28. The normalized spacial score (nSPS) is 27.0. The van der Waals surface area contributed by atoms with Crippen molar-refractivity contribution in [1.29, 1.82) is 0 Å². The summed E-state index contributed by atoms with van der Waals surface area (Å²) < 4.78 is 24.3. The number of carboxylic acids is 1. The Bertz CT molecular complexity index is 719. The first-order valence-corrected chi connectivity index (χ1v) is 10.1. The Hall–Kier alpha value is -1.44. The van der Waals surface area contributed by atoms with Gasteiger partial charge in [-0.05, 0) is 12.5 Å². The minimum Gasteiger partial charge on any atom is -0.481 e. The van der Waals surface area contributed by atoms with Gasteiger partial charge in [0.15, 0.2) is 9.84 Å². The zero-order valence-electron chi connectivity index (χ0n) is 13.9. The van der Waals surface area contributed by atoms with E-state index in [0.29, 0.717) is 6.54 Å². The van der Waals surface area contributed by atoms with E-state index in [1.165, 1.54) is 11.1 Å². The SMILES string of the molecule is Cc1cccc(CN2CCN(CCC(=O)O)C3CS(=O)(=O)CC32)c1. The van der Waals surface area contributed by atoms with Gasteiger partial charge in [0, 0.05) is 38.3 Å². The van der Waals surface area contributed by atoms with Gasteiger partial charge < -0.3 is 5.11 Å². The van der Waals surface area contributed by atoms with Crippen LogP contribution in [0.3, 0.4) is 0 Å². The number of carbonyl (C=O) groups is 1. The lowest BCUT2D eigenvalue weighted by atomic mass is 10.0. The molecule has 0 radical (unpaired) electrons. The molecule has 2 heterocycles. The topological polar surface area (TPSA) is 77.9 Å². The number of benzene rings is 1. The average Bonchev–Trinajstić information content (AvgIpc) is 2.82. The molecule has 0 saturated carbocycles. The second-order valence-corrected chi connectivity index (χ2v) is 9.00. The van der Waals surface area contributed by atoms with E-state index >= 15 is 0 Å². The van der Waals surface area contributed by atoms with Gasteiger partial charge in [0.05, 0.1) is 17.9 Å². The van der Waals surface area contributed by atoms with Gasteiger partial charge in [-0.1, -0.05) is 29.8 Å². The number of sulfone groups is 1. The summed E-state index contributed by atoms with van der Waals surface area (Å²) >= 11 is 0. The number of carboxylic acid groups (broad SMARTS) is 1. The van der Waals surface area contributed by atoms with Crippen molar-refractivity contribution in [1.82, 2.24) is 9.80 Å². The second-order valence-electron chi connectivity index (χ2n) is 6.85. The molecule has 3 rings (SSSR count). The number of nitrogens with zero attached hydrogens (tertiary/aromatic N) is 2. The van der Waals surface area contributed by atoms with Gasteiger partial charge in [-0.2, -0.15) is 0 Å². The number of fused-ring (bicyclic) bond motifs is 1. The quantitative estimate of drug-likeness (QED) is 0.843. The molecule has 7 heteroatoms. The molecule has 24 heavy (non-hydrogen) atoms. The molecular weight excluding hydrogens is 328 g/mol. The minimum atomic E-state index is -3.06. The van der Waals surface area contributed by atoms with Gasteiger partial charge in [0.25, 0.3) is 0 Å². The van der Waals surface area contributed by atoms with Gasteiger partial charge in [-0.15, -0.1) is 0 Å². The molecular formula is C17H24N2O4S. The van der Waals surface area contributed by atoms with Crippen LogP contribution in [0.15, 0.2) is 24.3 Å². The highest BCUT2D eigenvalue weighted by atomic mass is 32.2. The first kappa shape index (κ1) is 17.4.